The second kappa shape index (κ2) is 14.2. The first-order chi connectivity index (χ1) is 22.8. The first kappa shape index (κ1) is 32.0. The zero-order valence-corrected chi connectivity index (χ0v) is 28.1. The number of carbonyl (C=O) groups is 2. The fourth-order valence-electron chi connectivity index (χ4n) is 5.35. The molecule has 0 fully saturated rings. The minimum Gasteiger partial charge on any atom is -0.493 e. The smallest absolute Gasteiger partial charge is 0.253 e. The van der Waals surface area contributed by atoms with Crippen LogP contribution in [0.3, 0.4) is 0 Å². The van der Waals surface area contributed by atoms with Gasteiger partial charge in [0.05, 0.1) is 43.1 Å². The largest absolute Gasteiger partial charge is 0.493 e. The summed E-state index contributed by atoms with van der Waals surface area (Å²) in [5, 5.41) is 20.8. The number of hydrazone groups is 1. The molecule has 240 valence electrons. The van der Waals surface area contributed by atoms with E-state index in [-0.39, 0.29) is 30.2 Å². The number of nitrogens with one attached hydrogen (secondary N) is 1. The Morgan fingerprint density at radius 1 is 0.936 bits per heavy atom. The van der Waals surface area contributed by atoms with Crippen molar-refractivity contribution >= 4 is 40.6 Å². The van der Waals surface area contributed by atoms with Gasteiger partial charge in [0.2, 0.25) is 0 Å². The number of carbonyl (C=O) groups excluding carboxylic acids is 2. The van der Waals surface area contributed by atoms with Crippen molar-refractivity contribution in [3.63, 3.8) is 0 Å². The number of hydrogen-bond acceptors (Lipinski definition) is 9. The molecule has 0 radical (unpaired) electrons. The fraction of sp³-hybridized carbons (Fsp3) is 0.229. The Labute approximate surface area is 281 Å². The maximum absolute atomic E-state index is 13.8. The maximum atomic E-state index is 13.8. The van der Waals surface area contributed by atoms with E-state index in [1.165, 1.54) is 18.9 Å². The molecule has 0 unspecified atom stereocenters. The van der Waals surface area contributed by atoms with Crippen LogP contribution in [0.25, 0.3) is 5.69 Å². The van der Waals surface area contributed by atoms with Gasteiger partial charge in [0.25, 0.3) is 11.8 Å². The van der Waals surface area contributed by atoms with Crippen LogP contribution in [-0.2, 0) is 11.3 Å². The highest BCUT2D eigenvalue weighted by Gasteiger charge is 2.33. The summed E-state index contributed by atoms with van der Waals surface area (Å²) in [5.74, 6) is 1.19. The monoisotopic (exact) mass is 666 g/mol. The van der Waals surface area contributed by atoms with Gasteiger partial charge in [0.15, 0.2) is 22.5 Å². The van der Waals surface area contributed by atoms with Crippen LogP contribution in [0.4, 0.5) is 0 Å². The van der Waals surface area contributed by atoms with E-state index in [0.29, 0.717) is 34.5 Å². The van der Waals surface area contributed by atoms with Crippen molar-refractivity contribution in [3.05, 3.63) is 117 Å². The molecule has 3 heterocycles. The molecule has 0 spiro atoms. The Morgan fingerprint density at radius 3 is 2.47 bits per heavy atom. The predicted octanol–water partition coefficient (Wildman–Crippen LogP) is 6.36. The molecule has 2 aromatic heterocycles. The van der Waals surface area contributed by atoms with Crippen LogP contribution in [-0.4, -0.2) is 57.3 Å². The van der Waals surface area contributed by atoms with Crippen molar-refractivity contribution in [2.75, 3.05) is 20.0 Å². The van der Waals surface area contributed by atoms with E-state index in [1.54, 1.807) is 41.7 Å². The van der Waals surface area contributed by atoms with Gasteiger partial charge in [-0.2, -0.15) is 5.10 Å². The lowest BCUT2D eigenvalue weighted by atomic mass is 10.00. The third kappa shape index (κ3) is 7.08. The van der Waals surface area contributed by atoms with Crippen LogP contribution in [0.15, 0.2) is 94.5 Å². The van der Waals surface area contributed by atoms with Gasteiger partial charge in [-0.1, -0.05) is 59.8 Å². The van der Waals surface area contributed by atoms with Gasteiger partial charge in [-0.25, -0.2) is 5.01 Å². The van der Waals surface area contributed by atoms with Crippen LogP contribution >= 0.6 is 23.1 Å². The predicted molar refractivity (Wildman–Crippen MR) is 184 cm³/mol. The van der Waals surface area contributed by atoms with Gasteiger partial charge in [-0.3, -0.25) is 14.2 Å². The molecule has 1 aliphatic rings. The average molecular weight is 667 g/mol. The minimum absolute atomic E-state index is 0.103. The number of methoxy groups -OCH3 is 2. The fourth-order valence-corrected chi connectivity index (χ4v) is 6.89. The lowest BCUT2D eigenvalue weighted by molar-refractivity contribution is -0.130. The lowest BCUT2D eigenvalue weighted by Crippen LogP contribution is -2.28. The number of aromatic nitrogens is 3. The van der Waals surface area contributed by atoms with Gasteiger partial charge in [0.1, 0.15) is 0 Å². The van der Waals surface area contributed by atoms with E-state index in [1.807, 2.05) is 60.2 Å². The van der Waals surface area contributed by atoms with Crippen LogP contribution < -0.4 is 14.8 Å². The van der Waals surface area contributed by atoms with Gasteiger partial charge in [-0.05, 0) is 66.8 Å². The molecule has 12 heteroatoms. The molecule has 1 aliphatic heterocycles. The van der Waals surface area contributed by atoms with Crippen molar-refractivity contribution in [2.24, 2.45) is 5.10 Å². The molecule has 3 aromatic carbocycles. The summed E-state index contributed by atoms with van der Waals surface area (Å²) in [7, 11) is 3.07. The number of amides is 2. The topological polar surface area (TPSA) is 111 Å². The summed E-state index contributed by atoms with van der Waals surface area (Å²) in [6.45, 7) is 4.16. The number of rotatable bonds is 11. The molecule has 10 nitrogen and oxygen atoms in total. The summed E-state index contributed by atoms with van der Waals surface area (Å²) in [4.78, 5) is 28.0. The molecule has 0 saturated heterocycles. The first-order valence-electron chi connectivity index (χ1n) is 15.0. The molecule has 47 heavy (non-hydrogen) atoms. The lowest BCUT2D eigenvalue weighted by Gasteiger charge is -2.22. The number of ether oxygens (including phenoxy) is 2. The molecular formula is C35H34N6O4S2. The van der Waals surface area contributed by atoms with Crippen molar-refractivity contribution in [2.45, 2.75) is 38.0 Å². The van der Waals surface area contributed by atoms with Crippen molar-refractivity contribution in [3.8, 4) is 17.2 Å². The molecule has 5 aromatic rings. The Balaban J connectivity index is 1.23. The van der Waals surface area contributed by atoms with Crippen LogP contribution in [0.5, 0.6) is 11.5 Å². The van der Waals surface area contributed by atoms with Gasteiger partial charge >= 0.3 is 0 Å². The molecule has 1 N–H and O–H groups in total. The second-order valence-corrected chi connectivity index (χ2v) is 12.9. The standard InChI is InChI=1S/C35H34N6O4S2/c1-22-10-12-24(13-11-22)28-19-27(31-9-6-16-46-31)39-41(28)33(42)21-47-35-38-37-32(40(35)26-8-5-7-23(2)17-26)20-36-34(43)25-14-15-29(44-3)30(18-25)45-4/h5-18,28H,19-21H2,1-4H3,(H,36,43)/t28-/m1/s1. The quantitative estimate of drug-likeness (QED) is 0.163. The van der Waals surface area contributed by atoms with Crippen LogP contribution in [0, 0.1) is 13.8 Å². The Morgan fingerprint density at radius 2 is 1.74 bits per heavy atom. The number of aryl methyl sites for hydroxylation is 2. The summed E-state index contributed by atoms with van der Waals surface area (Å²) < 4.78 is 12.5. The third-order valence-electron chi connectivity index (χ3n) is 7.77. The zero-order valence-electron chi connectivity index (χ0n) is 26.5. The Kier molecular flexibility index (Phi) is 9.69. The highest BCUT2D eigenvalue weighted by Crippen LogP contribution is 2.35. The molecular weight excluding hydrogens is 633 g/mol. The average Bonchev–Trinajstić information content (AvgIpc) is 3.86. The molecule has 0 aliphatic carbocycles. The second-order valence-electron chi connectivity index (χ2n) is 11.0. The maximum Gasteiger partial charge on any atom is 0.253 e. The minimum atomic E-state index is -0.301. The molecule has 6 rings (SSSR count). The summed E-state index contributed by atoms with van der Waals surface area (Å²) in [5.41, 5.74) is 5.40. The number of thiophene rings is 1. The van der Waals surface area contributed by atoms with E-state index < -0.39 is 0 Å². The van der Waals surface area contributed by atoms with Crippen molar-refractivity contribution < 1.29 is 19.1 Å². The van der Waals surface area contributed by atoms with Gasteiger partial charge in [0, 0.05) is 17.7 Å². The van der Waals surface area contributed by atoms with Gasteiger partial charge < -0.3 is 14.8 Å². The zero-order chi connectivity index (χ0) is 32.9. The van der Waals surface area contributed by atoms with E-state index >= 15 is 0 Å². The SMILES string of the molecule is COc1ccc(C(=O)NCc2nnc(SCC(=O)N3N=C(c4cccs4)C[C@@H]3c3ccc(C)cc3)n2-c2cccc(C)c2)cc1OC. The number of nitrogens with zero attached hydrogens (tertiary/aromatic N) is 5. The van der Waals surface area contributed by atoms with Crippen molar-refractivity contribution in [1.82, 2.24) is 25.1 Å². The van der Waals surface area contributed by atoms with Gasteiger partial charge in [-0.15, -0.1) is 21.5 Å². The molecule has 1 atom stereocenters. The summed E-state index contributed by atoms with van der Waals surface area (Å²) in [6, 6.07) is 25.0. The summed E-state index contributed by atoms with van der Waals surface area (Å²) in [6.07, 6.45) is 0.642. The van der Waals surface area contributed by atoms with Crippen LogP contribution in [0.1, 0.15) is 50.2 Å². The van der Waals surface area contributed by atoms with Crippen molar-refractivity contribution in [1.29, 1.82) is 0 Å². The Hall–Kier alpha value is -4.94. The molecule has 0 saturated carbocycles. The number of hydrogen-bond donors (Lipinski definition) is 1. The molecule has 2 amide bonds. The van der Waals surface area contributed by atoms with E-state index in [4.69, 9.17) is 14.6 Å². The molecule has 0 bridgehead atoms. The highest BCUT2D eigenvalue weighted by molar-refractivity contribution is 7.99. The Bertz CT molecular complexity index is 1920. The highest BCUT2D eigenvalue weighted by atomic mass is 32.2. The number of thioether (sulfide) groups is 1. The third-order valence-corrected chi connectivity index (χ3v) is 9.60. The van der Waals surface area contributed by atoms with E-state index in [2.05, 4.69) is 39.8 Å². The number of benzene rings is 3. The first-order valence-corrected chi connectivity index (χ1v) is 16.9. The van der Waals surface area contributed by atoms with E-state index in [0.717, 1.165) is 33.0 Å². The van der Waals surface area contributed by atoms with E-state index in [9.17, 15) is 9.59 Å². The summed E-state index contributed by atoms with van der Waals surface area (Å²) >= 11 is 2.91. The van der Waals surface area contributed by atoms with Crippen LogP contribution in [0.2, 0.25) is 0 Å². The normalized spacial score (nSPS) is 14.2.